The van der Waals surface area contributed by atoms with Crippen LogP contribution in [0.1, 0.15) is 24.1 Å². The number of aromatic nitrogens is 2. The topological polar surface area (TPSA) is 50.0 Å². The second-order valence-corrected chi connectivity index (χ2v) is 6.16. The number of fused-ring (bicyclic) bond motifs is 1. The zero-order chi connectivity index (χ0) is 14.9. The molecule has 0 aromatic carbocycles. The van der Waals surface area contributed by atoms with Crippen molar-refractivity contribution in [3.8, 4) is 0 Å². The van der Waals surface area contributed by atoms with E-state index in [0.717, 1.165) is 17.9 Å². The highest BCUT2D eigenvalue weighted by Crippen LogP contribution is 2.22. The Morgan fingerprint density at radius 3 is 2.90 bits per heavy atom. The maximum absolute atomic E-state index is 10.6. The summed E-state index contributed by atoms with van der Waals surface area (Å²) in [5, 5.41) is 10.6. The Morgan fingerprint density at radius 2 is 2.19 bits per heavy atom. The SMILES string of the molecule is Cc1cccn2cc(CN(C)CC3(O)CCOCC3)nc12. The number of rotatable bonds is 4. The van der Waals surface area contributed by atoms with Crippen molar-refractivity contribution in [3.63, 3.8) is 0 Å². The van der Waals surface area contributed by atoms with Crippen LogP contribution in [0.25, 0.3) is 5.65 Å². The van der Waals surface area contributed by atoms with Crippen LogP contribution in [0.15, 0.2) is 24.5 Å². The summed E-state index contributed by atoms with van der Waals surface area (Å²) in [5.74, 6) is 0. The molecule has 2 aromatic heterocycles. The predicted octanol–water partition coefficient (Wildman–Crippen LogP) is 1.62. The minimum absolute atomic E-state index is 0.623. The number of likely N-dealkylation sites (N-methyl/N-ethyl adjacent to an activating group) is 1. The van der Waals surface area contributed by atoms with Gasteiger partial charge in [-0.05, 0) is 25.6 Å². The molecule has 0 saturated carbocycles. The summed E-state index contributed by atoms with van der Waals surface area (Å²) in [5.41, 5.74) is 2.59. The van der Waals surface area contributed by atoms with E-state index in [1.165, 1.54) is 5.56 Å². The third-order valence-corrected chi connectivity index (χ3v) is 4.15. The fraction of sp³-hybridized carbons (Fsp3) is 0.562. The average Bonchev–Trinajstić information content (AvgIpc) is 2.82. The molecule has 1 fully saturated rings. The molecule has 0 aliphatic carbocycles. The Balaban J connectivity index is 1.68. The third kappa shape index (κ3) is 3.26. The van der Waals surface area contributed by atoms with Gasteiger partial charge in [0, 0.05) is 51.5 Å². The molecule has 5 heteroatoms. The molecule has 1 aliphatic heterocycles. The van der Waals surface area contributed by atoms with Crippen molar-refractivity contribution in [2.45, 2.75) is 31.9 Å². The van der Waals surface area contributed by atoms with E-state index in [4.69, 9.17) is 4.74 Å². The molecule has 0 amide bonds. The number of hydrogen-bond acceptors (Lipinski definition) is 4. The van der Waals surface area contributed by atoms with E-state index in [-0.39, 0.29) is 0 Å². The first-order chi connectivity index (χ1) is 10.1. The maximum Gasteiger partial charge on any atom is 0.139 e. The van der Waals surface area contributed by atoms with E-state index in [2.05, 4.69) is 33.5 Å². The van der Waals surface area contributed by atoms with Crippen molar-refractivity contribution in [2.24, 2.45) is 0 Å². The molecule has 0 spiro atoms. The van der Waals surface area contributed by atoms with E-state index in [0.29, 0.717) is 32.6 Å². The van der Waals surface area contributed by atoms with E-state index in [1.54, 1.807) is 0 Å². The number of aliphatic hydroxyl groups is 1. The van der Waals surface area contributed by atoms with Crippen LogP contribution in [-0.2, 0) is 11.3 Å². The van der Waals surface area contributed by atoms with Gasteiger partial charge in [-0.25, -0.2) is 4.98 Å². The van der Waals surface area contributed by atoms with Gasteiger partial charge in [-0.15, -0.1) is 0 Å². The van der Waals surface area contributed by atoms with E-state index >= 15 is 0 Å². The summed E-state index contributed by atoms with van der Waals surface area (Å²) < 4.78 is 7.38. The van der Waals surface area contributed by atoms with Crippen molar-refractivity contribution < 1.29 is 9.84 Å². The van der Waals surface area contributed by atoms with Crippen LogP contribution in [0, 0.1) is 6.92 Å². The molecule has 0 atom stereocenters. The van der Waals surface area contributed by atoms with Crippen LogP contribution in [0.4, 0.5) is 0 Å². The predicted molar refractivity (Wildman–Crippen MR) is 81.3 cm³/mol. The van der Waals surface area contributed by atoms with Crippen molar-refractivity contribution in [1.29, 1.82) is 0 Å². The minimum atomic E-state index is -0.623. The maximum atomic E-state index is 10.6. The highest BCUT2D eigenvalue weighted by molar-refractivity contribution is 5.47. The number of nitrogens with zero attached hydrogens (tertiary/aromatic N) is 3. The standard InChI is InChI=1S/C16H23N3O2/c1-13-4-3-7-19-11-14(17-15(13)19)10-18(2)12-16(20)5-8-21-9-6-16/h3-4,7,11,20H,5-6,8-10,12H2,1-2H3. The Kier molecular flexibility index (Phi) is 3.97. The van der Waals surface area contributed by atoms with Gasteiger partial charge in [0.05, 0.1) is 11.3 Å². The number of imidazole rings is 1. The van der Waals surface area contributed by atoms with E-state index < -0.39 is 5.60 Å². The van der Waals surface area contributed by atoms with E-state index in [9.17, 15) is 5.11 Å². The van der Waals surface area contributed by atoms with Crippen LogP contribution in [0.2, 0.25) is 0 Å². The summed E-state index contributed by atoms with van der Waals surface area (Å²) in [6.45, 7) is 4.77. The molecule has 21 heavy (non-hydrogen) atoms. The Bertz CT molecular complexity index is 617. The summed E-state index contributed by atoms with van der Waals surface area (Å²) >= 11 is 0. The normalized spacial score (nSPS) is 18.5. The summed E-state index contributed by atoms with van der Waals surface area (Å²) in [6.07, 6.45) is 5.50. The monoisotopic (exact) mass is 289 g/mol. The summed E-state index contributed by atoms with van der Waals surface area (Å²) in [4.78, 5) is 6.82. The molecule has 1 aliphatic rings. The lowest BCUT2D eigenvalue weighted by atomic mass is 9.94. The van der Waals surface area contributed by atoms with Gasteiger partial charge in [-0.3, -0.25) is 4.90 Å². The van der Waals surface area contributed by atoms with Gasteiger partial charge in [0.25, 0.3) is 0 Å². The summed E-state index contributed by atoms with van der Waals surface area (Å²) in [6, 6.07) is 4.10. The Hall–Kier alpha value is -1.43. The zero-order valence-electron chi connectivity index (χ0n) is 12.7. The second kappa shape index (κ2) is 5.75. The van der Waals surface area contributed by atoms with Crippen molar-refractivity contribution >= 4 is 5.65 Å². The molecular formula is C16H23N3O2. The Labute approximate surface area is 125 Å². The zero-order valence-corrected chi connectivity index (χ0v) is 12.7. The molecule has 0 bridgehead atoms. The first-order valence-electron chi connectivity index (χ1n) is 7.48. The summed E-state index contributed by atoms with van der Waals surface area (Å²) in [7, 11) is 2.03. The van der Waals surface area contributed by atoms with E-state index in [1.807, 2.05) is 19.3 Å². The second-order valence-electron chi connectivity index (χ2n) is 6.16. The molecule has 1 saturated heterocycles. The fourth-order valence-corrected chi connectivity index (χ4v) is 3.02. The minimum Gasteiger partial charge on any atom is -0.388 e. The van der Waals surface area contributed by atoms with Gasteiger partial charge >= 0.3 is 0 Å². The van der Waals surface area contributed by atoms with Crippen molar-refractivity contribution in [1.82, 2.24) is 14.3 Å². The smallest absolute Gasteiger partial charge is 0.139 e. The van der Waals surface area contributed by atoms with Crippen molar-refractivity contribution in [3.05, 3.63) is 35.8 Å². The highest BCUT2D eigenvalue weighted by atomic mass is 16.5. The van der Waals surface area contributed by atoms with Crippen LogP contribution >= 0.6 is 0 Å². The highest BCUT2D eigenvalue weighted by Gasteiger charge is 2.31. The lowest BCUT2D eigenvalue weighted by Crippen LogP contribution is -2.45. The molecule has 3 rings (SSSR count). The number of hydrogen-bond donors (Lipinski definition) is 1. The Morgan fingerprint density at radius 1 is 1.43 bits per heavy atom. The van der Waals surface area contributed by atoms with Gasteiger partial charge in [-0.2, -0.15) is 0 Å². The molecule has 5 nitrogen and oxygen atoms in total. The van der Waals surface area contributed by atoms with Crippen LogP contribution in [0.5, 0.6) is 0 Å². The van der Waals surface area contributed by atoms with Crippen LogP contribution in [-0.4, -0.2) is 51.8 Å². The first-order valence-corrected chi connectivity index (χ1v) is 7.48. The molecule has 0 radical (unpaired) electrons. The molecule has 0 unspecified atom stereocenters. The number of pyridine rings is 1. The number of aryl methyl sites for hydroxylation is 1. The van der Waals surface area contributed by atoms with Gasteiger partial charge < -0.3 is 14.2 Å². The van der Waals surface area contributed by atoms with Gasteiger partial charge in [-0.1, -0.05) is 6.07 Å². The number of ether oxygens (including phenoxy) is 1. The fourth-order valence-electron chi connectivity index (χ4n) is 3.02. The molecular weight excluding hydrogens is 266 g/mol. The molecule has 114 valence electrons. The van der Waals surface area contributed by atoms with Gasteiger partial charge in [0.15, 0.2) is 0 Å². The quantitative estimate of drug-likeness (QED) is 0.929. The van der Waals surface area contributed by atoms with Crippen molar-refractivity contribution in [2.75, 3.05) is 26.8 Å². The first kappa shape index (κ1) is 14.5. The average molecular weight is 289 g/mol. The lowest BCUT2D eigenvalue weighted by Gasteiger charge is -2.35. The lowest BCUT2D eigenvalue weighted by molar-refractivity contribution is -0.0778. The third-order valence-electron chi connectivity index (χ3n) is 4.15. The van der Waals surface area contributed by atoms with Crippen LogP contribution < -0.4 is 0 Å². The van der Waals surface area contributed by atoms with Gasteiger partial charge in [0.2, 0.25) is 0 Å². The van der Waals surface area contributed by atoms with Crippen LogP contribution in [0.3, 0.4) is 0 Å². The molecule has 1 N–H and O–H groups in total. The molecule has 3 heterocycles. The largest absolute Gasteiger partial charge is 0.388 e. The van der Waals surface area contributed by atoms with Gasteiger partial charge in [0.1, 0.15) is 5.65 Å². The molecule has 2 aromatic rings.